The molecule has 1 aliphatic rings. The van der Waals surface area contributed by atoms with Gasteiger partial charge in [0.05, 0.1) is 10.5 Å². The summed E-state index contributed by atoms with van der Waals surface area (Å²) in [6.45, 7) is 8.21. The molecule has 5 rings (SSSR count). The van der Waals surface area contributed by atoms with Crippen LogP contribution in [0.1, 0.15) is 39.2 Å². The number of nitrogens with zero attached hydrogens (tertiary/aromatic N) is 3. The lowest BCUT2D eigenvalue weighted by atomic mass is 9.86. The number of halogens is 1. The van der Waals surface area contributed by atoms with Crippen molar-refractivity contribution in [1.82, 2.24) is 19.9 Å². The number of H-pyrrole nitrogens is 1. The number of benzene rings is 2. The van der Waals surface area contributed by atoms with Gasteiger partial charge in [-0.15, -0.1) is 0 Å². The monoisotopic (exact) mass is 473 g/mol. The third-order valence-corrected chi connectivity index (χ3v) is 6.62. The van der Waals surface area contributed by atoms with Crippen LogP contribution in [0.25, 0.3) is 33.7 Å². The smallest absolute Gasteiger partial charge is 0.321 e. The molecule has 2 aromatic carbocycles. The first-order valence-electron chi connectivity index (χ1n) is 11.6. The second-order valence-electron chi connectivity index (χ2n) is 9.83. The number of aromatic nitrogens is 3. The van der Waals surface area contributed by atoms with Crippen LogP contribution in [0.15, 0.2) is 54.7 Å². The van der Waals surface area contributed by atoms with E-state index in [-0.39, 0.29) is 11.4 Å². The highest BCUT2D eigenvalue weighted by molar-refractivity contribution is 6.33. The van der Waals surface area contributed by atoms with Crippen molar-refractivity contribution >= 4 is 34.5 Å². The van der Waals surface area contributed by atoms with Gasteiger partial charge in [0.1, 0.15) is 5.82 Å². The van der Waals surface area contributed by atoms with Crippen LogP contribution in [0.2, 0.25) is 5.02 Å². The average molecular weight is 474 g/mol. The van der Waals surface area contributed by atoms with Crippen LogP contribution < -0.4 is 5.32 Å². The zero-order valence-electron chi connectivity index (χ0n) is 19.7. The Labute approximate surface area is 204 Å². The number of hydrogen-bond donors (Lipinski definition) is 2. The average Bonchev–Trinajstić information content (AvgIpc) is 3.49. The number of urea groups is 1. The number of hydrogen-bond acceptors (Lipinski definition) is 3. The van der Waals surface area contributed by atoms with Crippen molar-refractivity contribution in [2.45, 2.75) is 39.0 Å². The van der Waals surface area contributed by atoms with Crippen LogP contribution in [-0.4, -0.2) is 39.0 Å². The molecule has 0 aliphatic carbocycles. The van der Waals surface area contributed by atoms with Crippen LogP contribution in [0.3, 0.4) is 0 Å². The molecule has 2 amide bonds. The molecular weight excluding hydrogens is 446 g/mol. The first kappa shape index (κ1) is 22.4. The Morgan fingerprint density at radius 2 is 1.76 bits per heavy atom. The van der Waals surface area contributed by atoms with E-state index in [9.17, 15) is 4.79 Å². The van der Waals surface area contributed by atoms with E-state index >= 15 is 0 Å². The number of likely N-dealkylation sites (tertiary alicyclic amines) is 1. The molecule has 0 unspecified atom stereocenters. The Kier molecular flexibility index (Phi) is 5.78. The summed E-state index contributed by atoms with van der Waals surface area (Å²) in [5.74, 6) is 0.616. The van der Waals surface area contributed by atoms with Gasteiger partial charge in [0.15, 0.2) is 5.65 Å². The number of fused-ring (bicyclic) bond motifs is 1. The third-order valence-electron chi connectivity index (χ3n) is 6.29. The van der Waals surface area contributed by atoms with Gasteiger partial charge in [-0.3, -0.25) is 0 Å². The molecule has 34 heavy (non-hydrogen) atoms. The number of amides is 2. The lowest BCUT2D eigenvalue weighted by Gasteiger charge is -2.19. The van der Waals surface area contributed by atoms with Gasteiger partial charge in [0.2, 0.25) is 0 Å². The van der Waals surface area contributed by atoms with Crippen LogP contribution in [0.5, 0.6) is 0 Å². The largest absolute Gasteiger partial charge is 0.337 e. The van der Waals surface area contributed by atoms with Crippen molar-refractivity contribution in [3.05, 3.63) is 65.3 Å². The Balaban J connectivity index is 1.43. The van der Waals surface area contributed by atoms with Gasteiger partial charge in [-0.2, -0.15) is 0 Å². The standard InChI is InChI=1S/C27H28ClN5O/c1-27(2,3)19-8-6-17(7-9-19)18-14-23-25(29-16-18)32-24(31-23)21-15-20(10-11-22(21)28)30-26(34)33-12-4-5-13-33/h6-11,14-16H,4-5,12-13H2,1-3H3,(H,30,34)(H,29,31,32). The summed E-state index contributed by atoms with van der Waals surface area (Å²) in [5, 5.41) is 3.52. The predicted octanol–water partition coefficient (Wildman–Crippen LogP) is 6.87. The van der Waals surface area contributed by atoms with E-state index in [2.05, 4.69) is 71.4 Å². The van der Waals surface area contributed by atoms with E-state index in [1.54, 1.807) is 12.1 Å². The third kappa shape index (κ3) is 4.50. The van der Waals surface area contributed by atoms with Gasteiger partial charge in [-0.1, -0.05) is 56.6 Å². The molecule has 6 nitrogen and oxygen atoms in total. The van der Waals surface area contributed by atoms with Gasteiger partial charge in [-0.25, -0.2) is 14.8 Å². The number of nitrogens with one attached hydrogen (secondary N) is 2. The Morgan fingerprint density at radius 1 is 1.03 bits per heavy atom. The number of imidazole rings is 1. The molecule has 0 saturated carbocycles. The molecule has 0 atom stereocenters. The first-order valence-corrected chi connectivity index (χ1v) is 12.0. The van der Waals surface area contributed by atoms with Gasteiger partial charge in [-0.05, 0) is 53.6 Å². The SMILES string of the molecule is CC(C)(C)c1ccc(-c2cnc3nc(-c4cc(NC(=O)N5CCCC5)ccc4Cl)[nH]c3c2)cc1. The number of carbonyl (C=O) groups is 1. The van der Waals surface area contributed by atoms with Crippen LogP contribution in [0.4, 0.5) is 10.5 Å². The summed E-state index contributed by atoms with van der Waals surface area (Å²) >= 11 is 6.50. The molecule has 174 valence electrons. The summed E-state index contributed by atoms with van der Waals surface area (Å²) in [6.07, 6.45) is 3.94. The normalized spacial score (nSPS) is 14.1. The Morgan fingerprint density at radius 3 is 2.47 bits per heavy atom. The van der Waals surface area contributed by atoms with Crippen molar-refractivity contribution in [3.8, 4) is 22.5 Å². The van der Waals surface area contributed by atoms with Crippen LogP contribution >= 0.6 is 11.6 Å². The molecule has 7 heteroatoms. The number of anilines is 1. The van der Waals surface area contributed by atoms with E-state index in [1.165, 1.54) is 5.56 Å². The quantitative estimate of drug-likeness (QED) is 0.341. The van der Waals surface area contributed by atoms with E-state index in [0.717, 1.165) is 48.1 Å². The van der Waals surface area contributed by atoms with E-state index in [0.29, 0.717) is 22.2 Å². The molecule has 1 saturated heterocycles. The van der Waals surface area contributed by atoms with Crippen LogP contribution in [-0.2, 0) is 5.41 Å². The molecule has 4 aromatic rings. The fraction of sp³-hybridized carbons (Fsp3) is 0.296. The molecule has 0 bridgehead atoms. The molecule has 1 aliphatic heterocycles. The second-order valence-corrected chi connectivity index (χ2v) is 10.2. The van der Waals surface area contributed by atoms with Crippen molar-refractivity contribution in [2.75, 3.05) is 18.4 Å². The number of carbonyl (C=O) groups excluding carboxylic acids is 1. The maximum Gasteiger partial charge on any atom is 0.321 e. The maximum atomic E-state index is 12.5. The van der Waals surface area contributed by atoms with Gasteiger partial charge in [0.25, 0.3) is 0 Å². The highest BCUT2D eigenvalue weighted by Gasteiger charge is 2.19. The minimum Gasteiger partial charge on any atom is -0.337 e. The molecule has 2 aromatic heterocycles. The minimum absolute atomic E-state index is 0.0841. The van der Waals surface area contributed by atoms with E-state index in [4.69, 9.17) is 11.6 Å². The number of rotatable bonds is 3. The summed E-state index contributed by atoms with van der Waals surface area (Å²) in [7, 11) is 0. The van der Waals surface area contributed by atoms with Crippen LogP contribution in [0, 0.1) is 0 Å². The number of aromatic amines is 1. The summed E-state index contributed by atoms with van der Waals surface area (Å²) in [4.78, 5) is 26.9. The zero-order chi connectivity index (χ0) is 23.9. The summed E-state index contributed by atoms with van der Waals surface area (Å²) in [6, 6.07) is 16.0. The van der Waals surface area contributed by atoms with Crippen molar-refractivity contribution in [1.29, 1.82) is 0 Å². The molecule has 3 heterocycles. The Hall–Kier alpha value is -3.38. The molecular formula is C27H28ClN5O. The van der Waals surface area contributed by atoms with Gasteiger partial charge >= 0.3 is 6.03 Å². The zero-order valence-corrected chi connectivity index (χ0v) is 20.4. The topological polar surface area (TPSA) is 73.9 Å². The van der Waals surface area contributed by atoms with Gasteiger partial charge < -0.3 is 15.2 Å². The molecule has 2 N–H and O–H groups in total. The lowest BCUT2D eigenvalue weighted by molar-refractivity contribution is 0.222. The van der Waals surface area contributed by atoms with Crippen molar-refractivity contribution in [2.24, 2.45) is 0 Å². The molecule has 0 spiro atoms. The first-order chi connectivity index (χ1) is 16.3. The minimum atomic E-state index is -0.0841. The summed E-state index contributed by atoms with van der Waals surface area (Å²) in [5.41, 5.74) is 6.37. The second kappa shape index (κ2) is 8.76. The van der Waals surface area contributed by atoms with Crippen molar-refractivity contribution < 1.29 is 4.79 Å². The fourth-order valence-corrected chi connectivity index (χ4v) is 4.46. The predicted molar refractivity (Wildman–Crippen MR) is 138 cm³/mol. The lowest BCUT2D eigenvalue weighted by Crippen LogP contribution is -2.32. The number of pyridine rings is 1. The molecule has 1 fully saturated rings. The summed E-state index contributed by atoms with van der Waals surface area (Å²) < 4.78 is 0. The van der Waals surface area contributed by atoms with Gasteiger partial charge in [0, 0.05) is 36.1 Å². The van der Waals surface area contributed by atoms with E-state index in [1.807, 2.05) is 17.2 Å². The molecule has 0 radical (unpaired) electrons. The highest BCUT2D eigenvalue weighted by atomic mass is 35.5. The van der Waals surface area contributed by atoms with Crippen molar-refractivity contribution in [3.63, 3.8) is 0 Å². The fourth-order valence-electron chi connectivity index (χ4n) is 4.26. The highest BCUT2D eigenvalue weighted by Crippen LogP contribution is 2.32. The van der Waals surface area contributed by atoms with E-state index < -0.39 is 0 Å². The maximum absolute atomic E-state index is 12.5. The Bertz CT molecular complexity index is 1350.